The summed E-state index contributed by atoms with van der Waals surface area (Å²) in [6.07, 6.45) is 5.83. The Kier molecular flexibility index (Phi) is 6.41. The van der Waals surface area contributed by atoms with Gasteiger partial charge in [-0.15, -0.1) is 10.2 Å². The normalized spacial score (nSPS) is 13.8. The van der Waals surface area contributed by atoms with Crippen molar-refractivity contribution >= 4 is 0 Å². The predicted octanol–water partition coefficient (Wildman–Crippen LogP) is 3.96. The third-order valence-corrected chi connectivity index (χ3v) is 6.44. The van der Waals surface area contributed by atoms with Crippen molar-refractivity contribution in [2.75, 3.05) is 14.2 Å². The Balaban J connectivity index is 1.66. The van der Waals surface area contributed by atoms with Crippen LogP contribution < -0.4 is 15.0 Å². The van der Waals surface area contributed by atoms with Crippen molar-refractivity contribution in [1.82, 2.24) is 24.7 Å². The molecule has 0 spiro atoms. The first-order chi connectivity index (χ1) is 17.5. The molecule has 0 atom stereocenters. The van der Waals surface area contributed by atoms with E-state index in [-0.39, 0.29) is 23.3 Å². The second-order valence-electron chi connectivity index (χ2n) is 8.79. The van der Waals surface area contributed by atoms with E-state index in [1.807, 2.05) is 19.1 Å². The maximum Gasteiger partial charge on any atom is 0.275 e. The first-order valence-electron chi connectivity index (χ1n) is 11.8. The van der Waals surface area contributed by atoms with Gasteiger partial charge < -0.3 is 19.0 Å². The van der Waals surface area contributed by atoms with Gasteiger partial charge in [-0.3, -0.25) is 14.3 Å². The van der Waals surface area contributed by atoms with Crippen LogP contribution in [0, 0.1) is 6.92 Å². The lowest BCUT2D eigenvalue weighted by Gasteiger charge is -2.21. The van der Waals surface area contributed by atoms with Crippen molar-refractivity contribution in [3.8, 4) is 34.5 Å². The van der Waals surface area contributed by atoms with Gasteiger partial charge >= 0.3 is 0 Å². The molecule has 4 aromatic rings. The molecule has 186 valence electrons. The van der Waals surface area contributed by atoms with Gasteiger partial charge in [-0.25, -0.2) is 0 Å². The Morgan fingerprint density at radius 1 is 1.08 bits per heavy atom. The van der Waals surface area contributed by atoms with Crippen LogP contribution in [-0.2, 0) is 6.42 Å². The predicted molar refractivity (Wildman–Crippen MR) is 131 cm³/mol. The monoisotopic (exact) mass is 489 g/mol. The summed E-state index contributed by atoms with van der Waals surface area (Å²) in [7, 11) is 3.05. The summed E-state index contributed by atoms with van der Waals surface area (Å²) in [6, 6.07) is 9.08. The number of para-hydroxylation sites is 1. The SMILES string of the molecule is COc1cccc(OC)c1-n1c(C2CCCC2)nc(O)c(-c2nnc(Cc3ccc(C)nc3)o2)c1=O. The Bertz CT molecular complexity index is 1420. The van der Waals surface area contributed by atoms with E-state index >= 15 is 0 Å². The van der Waals surface area contributed by atoms with Gasteiger partial charge in [0, 0.05) is 17.8 Å². The number of hydrogen-bond acceptors (Lipinski definition) is 9. The molecule has 1 aromatic carbocycles. The van der Waals surface area contributed by atoms with Gasteiger partial charge in [0.05, 0.1) is 20.6 Å². The molecule has 3 aromatic heterocycles. The van der Waals surface area contributed by atoms with Gasteiger partial charge in [-0.2, -0.15) is 4.98 Å². The molecule has 1 aliphatic rings. The smallest absolute Gasteiger partial charge is 0.275 e. The minimum Gasteiger partial charge on any atom is -0.494 e. The number of hydrogen-bond donors (Lipinski definition) is 1. The average molecular weight is 490 g/mol. The summed E-state index contributed by atoms with van der Waals surface area (Å²) < 4.78 is 18.4. The zero-order valence-corrected chi connectivity index (χ0v) is 20.4. The summed E-state index contributed by atoms with van der Waals surface area (Å²) >= 11 is 0. The highest BCUT2D eigenvalue weighted by Gasteiger charge is 2.31. The van der Waals surface area contributed by atoms with Crippen LogP contribution in [0.3, 0.4) is 0 Å². The first-order valence-corrected chi connectivity index (χ1v) is 11.8. The second kappa shape index (κ2) is 9.80. The molecular formula is C26H27N5O5. The summed E-state index contributed by atoms with van der Waals surface area (Å²) in [5.74, 6) is 1.06. The summed E-state index contributed by atoms with van der Waals surface area (Å²) in [6.45, 7) is 1.90. The lowest BCUT2D eigenvalue weighted by atomic mass is 10.1. The Morgan fingerprint density at radius 3 is 2.44 bits per heavy atom. The molecular weight excluding hydrogens is 462 g/mol. The maximum absolute atomic E-state index is 14.0. The quantitative estimate of drug-likeness (QED) is 0.410. The fourth-order valence-corrected chi connectivity index (χ4v) is 4.64. The number of benzene rings is 1. The van der Waals surface area contributed by atoms with E-state index in [9.17, 15) is 9.90 Å². The van der Waals surface area contributed by atoms with Gasteiger partial charge in [0.15, 0.2) is 5.56 Å². The van der Waals surface area contributed by atoms with Crippen molar-refractivity contribution in [1.29, 1.82) is 0 Å². The highest BCUT2D eigenvalue weighted by atomic mass is 16.5. The van der Waals surface area contributed by atoms with E-state index in [0.29, 0.717) is 29.4 Å². The molecule has 1 fully saturated rings. The molecule has 0 bridgehead atoms. The number of ether oxygens (including phenoxy) is 2. The van der Waals surface area contributed by atoms with Crippen LogP contribution in [0.1, 0.15) is 54.6 Å². The van der Waals surface area contributed by atoms with Crippen molar-refractivity contribution < 1.29 is 19.0 Å². The molecule has 3 heterocycles. The van der Waals surface area contributed by atoms with E-state index in [1.54, 1.807) is 24.4 Å². The zero-order valence-electron chi connectivity index (χ0n) is 20.4. The van der Waals surface area contributed by atoms with E-state index in [2.05, 4.69) is 20.2 Å². The van der Waals surface area contributed by atoms with Crippen molar-refractivity contribution in [3.05, 3.63) is 69.9 Å². The van der Waals surface area contributed by atoms with Crippen LogP contribution in [0.25, 0.3) is 17.1 Å². The molecule has 0 saturated heterocycles. The van der Waals surface area contributed by atoms with Gasteiger partial charge in [-0.1, -0.05) is 25.0 Å². The number of methoxy groups -OCH3 is 2. The van der Waals surface area contributed by atoms with E-state index in [1.165, 1.54) is 18.8 Å². The molecule has 10 heteroatoms. The molecule has 36 heavy (non-hydrogen) atoms. The highest BCUT2D eigenvalue weighted by Crippen LogP contribution is 2.39. The van der Waals surface area contributed by atoms with Gasteiger partial charge in [0.1, 0.15) is 23.0 Å². The number of aryl methyl sites for hydroxylation is 1. The second-order valence-corrected chi connectivity index (χ2v) is 8.79. The Labute approximate surface area is 207 Å². The molecule has 10 nitrogen and oxygen atoms in total. The molecule has 0 unspecified atom stereocenters. The molecule has 1 N–H and O–H groups in total. The van der Waals surface area contributed by atoms with Crippen LogP contribution in [0.15, 0.2) is 45.7 Å². The van der Waals surface area contributed by atoms with Crippen molar-refractivity contribution in [2.45, 2.75) is 44.9 Å². The van der Waals surface area contributed by atoms with E-state index < -0.39 is 11.4 Å². The average Bonchev–Trinajstić information content (AvgIpc) is 3.58. The Morgan fingerprint density at radius 2 is 1.81 bits per heavy atom. The summed E-state index contributed by atoms with van der Waals surface area (Å²) in [4.78, 5) is 22.8. The Hall–Kier alpha value is -4.21. The molecule has 5 rings (SSSR count). The summed E-state index contributed by atoms with van der Waals surface area (Å²) in [5.41, 5.74) is 1.47. The third kappa shape index (κ3) is 4.30. The molecule has 0 radical (unpaired) electrons. The van der Waals surface area contributed by atoms with E-state index in [4.69, 9.17) is 13.9 Å². The number of aromatic nitrogens is 5. The number of nitrogens with zero attached hydrogens (tertiary/aromatic N) is 5. The van der Waals surface area contributed by atoms with Crippen LogP contribution >= 0.6 is 0 Å². The molecule has 0 amide bonds. The standard InChI is InChI=1S/C26H27N5O5/c1-15-11-12-16(14-27-15)13-20-29-30-25(36-20)21-24(32)28-23(17-7-4-5-8-17)31(26(21)33)22-18(34-2)9-6-10-19(22)35-3/h6,9-12,14,17,32H,4-5,7-8,13H2,1-3H3. The first kappa shape index (κ1) is 23.5. The van der Waals surface area contributed by atoms with Crippen LogP contribution in [-0.4, -0.2) is 44.1 Å². The minimum absolute atomic E-state index is 0.000415. The largest absolute Gasteiger partial charge is 0.494 e. The van der Waals surface area contributed by atoms with Gasteiger partial charge in [-0.05, 0) is 43.5 Å². The van der Waals surface area contributed by atoms with Crippen LogP contribution in [0.5, 0.6) is 17.4 Å². The molecule has 1 saturated carbocycles. The summed E-state index contributed by atoms with van der Waals surface area (Å²) in [5, 5.41) is 19.1. The molecule has 1 aliphatic carbocycles. The fraction of sp³-hybridized carbons (Fsp3) is 0.346. The maximum atomic E-state index is 14.0. The van der Waals surface area contributed by atoms with Gasteiger partial charge in [0.2, 0.25) is 11.8 Å². The highest BCUT2D eigenvalue weighted by molar-refractivity contribution is 5.63. The lowest BCUT2D eigenvalue weighted by molar-refractivity contribution is 0.387. The number of aromatic hydroxyl groups is 1. The van der Waals surface area contributed by atoms with Crippen LogP contribution in [0.4, 0.5) is 0 Å². The number of rotatable bonds is 7. The minimum atomic E-state index is -0.542. The molecule has 0 aliphatic heterocycles. The van der Waals surface area contributed by atoms with Crippen LogP contribution in [0.2, 0.25) is 0 Å². The van der Waals surface area contributed by atoms with E-state index in [0.717, 1.165) is 36.9 Å². The zero-order chi connectivity index (χ0) is 25.2. The van der Waals surface area contributed by atoms with Crippen molar-refractivity contribution in [3.63, 3.8) is 0 Å². The number of pyridine rings is 1. The lowest BCUT2D eigenvalue weighted by Crippen LogP contribution is -2.27. The third-order valence-electron chi connectivity index (χ3n) is 6.44. The van der Waals surface area contributed by atoms with Crippen molar-refractivity contribution in [2.24, 2.45) is 0 Å². The van der Waals surface area contributed by atoms with Gasteiger partial charge in [0.25, 0.3) is 11.4 Å². The topological polar surface area (TPSA) is 125 Å². The fourth-order valence-electron chi connectivity index (χ4n) is 4.64.